The van der Waals surface area contributed by atoms with Gasteiger partial charge in [0.1, 0.15) is 0 Å². The number of benzene rings is 2. The van der Waals surface area contributed by atoms with Crippen molar-refractivity contribution in [1.29, 1.82) is 0 Å². The van der Waals surface area contributed by atoms with Gasteiger partial charge in [-0.05, 0) is 48.4 Å². The number of carbonyl (C=O) groups excluding carboxylic acids is 2. The Morgan fingerprint density at radius 2 is 1.62 bits per heavy atom. The molecule has 7 nitrogen and oxygen atoms in total. The smallest absolute Gasteiger partial charge is 0.253 e. The second-order valence-electron chi connectivity index (χ2n) is 8.69. The number of amides is 2. The first kappa shape index (κ1) is 27.6. The van der Waals surface area contributed by atoms with Crippen molar-refractivity contribution in [3.8, 4) is 0 Å². The molecule has 34 heavy (non-hydrogen) atoms. The molecule has 0 aromatic heterocycles. The molecule has 1 saturated heterocycles. The number of nitrogens with one attached hydrogen (secondary N) is 2. The maximum atomic E-state index is 12.7. The minimum atomic E-state index is -0.0189. The first-order chi connectivity index (χ1) is 16.0. The highest BCUT2D eigenvalue weighted by Gasteiger charge is 2.23. The van der Waals surface area contributed by atoms with Crippen LogP contribution in [0.2, 0.25) is 0 Å². The Labute approximate surface area is 220 Å². The Hall–Kier alpha value is -2.62. The van der Waals surface area contributed by atoms with Crippen molar-refractivity contribution in [3.05, 3.63) is 71.3 Å². The summed E-state index contributed by atoms with van der Waals surface area (Å²) < 4.78 is 0. The standard InChI is InChI=1S/C26H35N5O2.HI/c1-27-26(28-18-22-9-11-23(12-10-22)25(33)30(2)3)29-19-24(32)31-15-13-21(14-16-31)17-20-7-5-4-6-8-20;/h4-12,21H,13-19H2,1-3H3,(H2,27,28,29);1H. The molecule has 0 bridgehead atoms. The number of likely N-dealkylation sites (tertiary alicyclic amines) is 1. The molecule has 2 aromatic rings. The monoisotopic (exact) mass is 577 g/mol. The summed E-state index contributed by atoms with van der Waals surface area (Å²) in [5, 5.41) is 6.34. The lowest BCUT2D eigenvalue weighted by molar-refractivity contribution is -0.131. The van der Waals surface area contributed by atoms with Gasteiger partial charge in [0.05, 0.1) is 6.54 Å². The summed E-state index contributed by atoms with van der Waals surface area (Å²) in [5.41, 5.74) is 3.06. The maximum Gasteiger partial charge on any atom is 0.253 e. The van der Waals surface area contributed by atoms with E-state index in [-0.39, 0.29) is 42.3 Å². The fraction of sp³-hybridized carbons (Fsp3) is 0.423. The number of aliphatic imine (C=N–C) groups is 1. The highest BCUT2D eigenvalue weighted by molar-refractivity contribution is 14.0. The molecular weight excluding hydrogens is 541 g/mol. The van der Waals surface area contributed by atoms with Crippen LogP contribution in [0, 0.1) is 5.92 Å². The summed E-state index contributed by atoms with van der Waals surface area (Å²) in [4.78, 5) is 32.4. The van der Waals surface area contributed by atoms with Crippen LogP contribution in [0.5, 0.6) is 0 Å². The molecule has 1 aliphatic rings. The van der Waals surface area contributed by atoms with Crippen molar-refractivity contribution in [1.82, 2.24) is 20.4 Å². The predicted molar refractivity (Wildman–Crippen MR) is 148 cm³/mol. The van der Waals surface area contributed by atoms with Crippen LogP contribution in [0.4, 0.5) is 0 Å². The maximum absolute atomic E-state index is 12.7. The predicted octanol–water partition coefficient (Wildman–Crippen LogP) is 3.15. The lowest BCUT2D eigenvalue weighted by atomic mass is 9.90. The molecule has 0 saturated carbocycles. The van der Waals surface area contributed by atoms with Gasteiger partial charge in [-0.25, -0.2) is 0 Å². The fourth-order valence-electron chi connectivity index (χ4n) is 4.03. The summed E-state index contributed by atoms with van der Waals surface area (Å²) >= 11 is 0. The van der Waals surface area contributed by atoms with E-state index in [1.54, 1.807) is 26.0 Å². The zero-order valence-corrected chi connectivity index (χ0v) is 22.6. The second-order valence-corrected chi connectivity index (χ2v) is 8.69. The van der Waals surface area contributed by atoms with Crippen molar-refractivity contribution in [2.24, 2.45) is 10.9 Å². The lowest BCUT2D eigenvalue weighted by Gasteiger charge is -2.32. The average molecular weight is 578 g/mol. The molecule has 2 N–H and O–H groups in total. The molecule has 0 aliphatic carbocycles. The highest BCUT2D eigenvalue weighted by atomic mass is 127. The largest absolute Gasteiger partial charge is 0.352 e. The molecular formula is C26H36IN5O2. The van der Waals surface area contributed by atoms with Crippen molar-refractivity contribution >= 4 is 41.8 Å². The van der Waals surface area contributed by atoms with E-state index in [0.29, 0.717) is 24.0 Å². The van der Waals surface area contributed by atoms with E-state index in [0.717, 1.165) is 37.9 Å². The zero-order chi connectivity index (χ0) is 23.6. The SMILES string of the molecule is CN=C(NCC(=O)N1CCC(Cc2ccccc2)CC1)NCc1ccc(C(=O)N(C)C)cc1.I. The van der Waals surface area contributed by atoms with E-state index in [4.69, 9.17) is 0 Å². The number of hydrogen-bond donors (Lipinski definition) is 2. The van der Waals surface area contributed by atoms with Gasteiger partial charge in [-0.3, -0.25) is 14.6 Å². The van der Waals surface area contributed by atoms with Crippen molar-refractivity contribution in [2.45, 2.75) is 25.8 Å². The van der Waals surface area contributed by atoms with Gasteiger partial charge in [-0.1, -0.05) is 42.5 Å². The van der Waals surface area contributed by atoms with E-state index in [9.17, 15) is 9.59 Å². The third-order valence-corrected chi connectivity index (χ3v) is 6.03. The first-order valence-corrected chi connectivity index (χ1v) is 11.5. The van der Waals surface area contributed by atoms with E-state index in [2.05, 4.69) is 39.9 Å². The lowest BCUT2D eigenvalue weighted by Crippen LogP contribution is -2.46. The Kier molecular flexibility index (Phi) is 11.3. The van der Waals surface area contributed by atoms with Gasteiger partial charge >= 0.3 is 0 Å². The topological polar surface area (TPSA) is 77.0 Å². The third kappa shape index (κ3) is 8.30. The Morgan fingerprint density at radius 3 is 2.21 bits per heavy atom. The van der Waals surface area contributed by atoms with Crippen LogP contribution in [0.15, 0.2) is 59.6 Å². The summed E-state index contributed by atoms with van der Waals surface area (Å²) in [6.07, 6.45) is 3.17. The number of halogens is 1. The normalized spacial score (nSPS) is 14.2. The molecule has 2 amide bonds. The number of guanidine groups is 1. The van der Waals surface area contributed by atoms with Gasteiger partial charge in [0, 0.05) is 46.3 Å². The van der Waals surface area contributed by atoms with E-state index < -0.39 is 0 Å². The van der Waals surface area contributed by atoms with Gasteiger partial charge in [-0.15, -0.1) is 24.0 Å². The van der Waals surface area contributed by atoms with E-state index in [1.807, 2.05) is 35.2 Å². The van der Waals surface area contributed by atoms with Gasteiger partial charge < -0.3 is 20.4 Å². The minimum Gasteiger partial charge on any atom is -0.352 e. The van der Waals surface area contributed by atoms with Crippen LogP contribution in [0.3, 0.4) is 0 Å². The highest BCUT2D eigenvalue weighted by Crippen LogP contribution is 2.21. The van der Waals surface area contributed by atoms with Crippen LogP contribution < -0.4 is 10.6 Å². The van der Waals surface area contributed by atoms with E-state index >= 15 is 0 Å². The third-order valence-electron chi connectivity index (χ3n) is 6.03. The molecule has 0 atom stereocenters. The van der Waals surface area contributed by atoms with Crippen molar-refractivity contribution < 1.29 is 9.59 Å². The van der Waals surface area contributed by atoms with Gasteiger partial charge in [0.2, 0.25) is 5.91 Å². The Bertz CT molecular complexity index is 939. The van der Waals surface area contributed by atoms with Crippen LogP contribution >= 0.6 is 24.0 Å². The summed E-state index contributed by atoms with van der Waals surface area (Å²) in [6.45, 7) is 2.39. The van der Waals surface area contributed by atoms with Crippen LogP contribution in [0.1, 0.15) is 34.3 Å². The molecule has 8 heteroatoms. The molecule has 1 heterocycles. The van der Waals surface area contributed by atoms with Crippen LogP contribution in [-0.4, -0.2) is 68.4 Å². The minimum absolute atomic E-state index is 0. The number of nitrogens with zero attached hydrogens (tertiary/aromatic N) is 3. The quantitative estimate of drug-likeness (QED) is 0.301. The summed E-state index contributed by atoms with van der Waals surface area (Å²) in [6, 6.07) is 18.0. The molecule has 1 aliphatic heterocycles. The van der Waals surface area contributed by atoms with Gasteiger partial charge in [-0.2, -0.15) is 0 Å². The average Bonchev–Trinajstić information content (AvgIpc) is 2.85. The Balaban J connectivity index is 0.00000408. The fourth-order valence-corrected chi connectivity index (χ4v) is 4.03. The van der Waals surface area contributed by atoms with Crippen molar-refractivity contribution in [2.75, 3.05) is 40.8 Å². The summed E-state index contributed by atoms with van der Waals surface area (Å²) in [5.74, 6) is 1.30. The molecule has 2 aromatic carbocycles. The van der Waals surface area contributed by atoms with Crippen LogP contribution in [0.25, 0.3) is 0 Å². The van der Waals surface area contributed by atoms with Crippen LogP contribution in [-0.2, 0) is 17.8 Å². The summed E-state index contributed by atoms with van der Waals surface area (Å²) in [7, 11) is 5.16. The molecule has 3 rings (SSSR count). The number of piperidine rings is 1. The van der Waals surface area contributed by atoms with Gasteiger partial charge in [0.15, 0.2) is 5.96 Å². The molecule has 184 valence electrons. The zero-order valence-electron chi connectivity index (χ0n) is 20.3. The molecule has 0 radical (unpaired) electrons. The second kappa shape index (κ2) is 13.9. The van der Waals surface area contributed by atoms with E-state index in [1.165, 1.54) is 5.56 Å². The van der Waals surface area contributed by atoms with Crippen molar-refractivity contribution in [3.63, 3.8) is 0 Å². The molecule has 0 spiro atoms. The molecule has 0 unspecified atom stereocenters. The Morgan fingerprint density at radius 1 is 0.971 bits per heavy atom. The number of carbonyl (C=O) groups is 2. The number of rotatable bonds is 7. The number of hydrogen-bond acceptors (Lipinski definition) is 3. The molecule has 1 fully saturated rings. The van der Waals surface area contributed by atoms with Gasteiger partial charge in [0.25, 0.3) is 5.91 Å². The first-order valence-electron chi connectivity index (χ1n) is 11.5.